The maximum atomic E-state index is 13.4. The lowest BCUT2D eigenvalue weighted by atomic mass is 10.1. The maximum Gasteiger partial charge on any atom is 0.265 e. The largest absolute Gasteiger partial charge is 0.506 e. The number of phenols is 2. The van der Waals surface area contributed by atoms with Crippen LogP contribution >= 0.6 is 58.0 Å². The zero-order valence-electron chi connectivity index (χ0n) is 30.4. The third-order valence-electron chi connectivity index (χ3n) is 8.49. The fourth-order valence-corrected chi connectivity index (χ4v) is 6.93. The Hall–Kier alpha value is -3.33. The molecule has 0 spiro atoms. The molecule has 7 nitrogen and oxygen atoms in total. The fraction of sp³-hybridized carbons (Fsp3) is 0.366. The summed E-state index contributed by atoms with van der Waals surface area (Å²) in [4.78, 5) is 26.0. The number of halogens is 5. The average molecular weight is 825 g/mol. The number of carbonyl (C=O) groups is 2. The van der Waals surface area contributed by atoms with Gasteiger partial charge in [-0.3, -0.25) is 9.59 Å². The van der Waals surface area contributed by atoms with E-state index in [1.807, 2.05) is 25.1 Å². The van der Waals surface area contributed by atoms with Crippen molar-refractivity contribution in [2.75, 3.05) is 10.6 Å². The number of aryl methyl sites for hydroxylation is 2. The Morgan fingerprint density at radius 1 is 0.736 bits per heavy atom. The number of ether oxygens (including phenoxy) is 1. The van der Waals surface area contributed by atoms with Crippen molar-refractivity contribution in [3.05, 3.63) is 108 Å². The molecule has 0 aliphatic rings. The molecule has 0 aromatic heterocycles. The molecule has 0 radical (unpaired) electrons. The molecule has 2 amide bonds. The number of amides is 2. The highest BCUT2D eigenvalue weighted by atomic mass is 35.5. The van der Waals surface area contributed by atoms with E-state index in [4.69, 9.17) is 62.7 Å². The molecule has 0 heterocycles. The van der Waals surface area contributed by atoms with Crippen LogP contribution in [0, 0.1) is 6.92 Å². The number of anilines is 2. The third-order valence-corrected chi connectivity index (χ3v) is 10.2. The van der Waals surface area contributed by atoms with Gasteiger partial charge in [0.25, 0.3) is 11.8 Å². The van der Waals surface area contributed by atoms with E-state index in [0.717, 1.165) is 68.9 Å². The predicted molar refractivity (Wildman–Crippen MR) is 221 cm³/mol. The van der Waals surface area contributed by atoms with Crippen LogP contribution < -0.4 is 15.4 Å². The minimum absolute atomic E-state index is 0.0797. The predicted octanol–water partition coefficient (Wildman–Crippen LogP) is 13.3. The van der Waals surface area contributed by atoms with Gasteiger partial charge < -0.3 is 25.6 Å². The number of hydrogen-bond donors (Lipinski definition) is 4. The lowest BCUT2D eigenvalue weighted by Gasteiger charge is -2.21. The molecule has 12 heteroatoms. The molecule has 4 N–H and O–H groups in total. The number of phenolic OH excluding ortho intramolecular Hbond substituents is 2. The van der Waals surface area contributed by atoms with Crippen LogP contribution in [-0.2, 0) is 17.6 Å². The third kappa shape index (κ3) is 13.2. The van der Waals surface area contributed by atoms with E-state index in [1.54, 1.807) is 37.3 Å². The summed E-state index contributed by atoms with van der Waals surface area (Å²) in [6, 6.07) is 16.6. The van der Waals surface area contributed by atoms with Crippen LogP contribution in [0.2, 0.25) is 25.1 Å². The molecule has 286 valence electrons. The Labute approximate surface area is 337 Å². The molecule has 4 aromatic carbocycles. The number of nitrogens with one attached hydrogen (secondary N) is 2. The zero-order chi connectivity index (χ0) is 39.1. The van der Waals surface area contributed by atoms with E-state index in [1.165, 1.54) is 12.1 Å². The molecule has 0 fully saturated rings. The fourth-order valence-electron chi connectivity index (χ4n) is 5.42. The van der Waals surface area contributed by atoms with Gasteiger partial charge in [-0.1, -0.05) is 129 Å². The van der Waals surface area contributed by atoms with E-state index in [2.05, 4.69) is 24.5 Å². The van der Waals surface area contributed by atoms with Crippen LogP contribution in [0.5, 0.6) is 17.2 Å². The Morgan fingerprint density at radius 3 is 2.09 bits per heavy atom. The highest BCUT2D eigenvalue weighted by Gasteiger charge is 2.24. The monoisotopic (exact) mass is 822 g/mol. The maximum absolute atomic E-state index is 13.4. The van der Waals surface area contributed by atoms with Crippen molar-refractivity contribution >= 4 is 81.2 Å². The van der Waals surface area contributed by atoms with Crippen molar-refractivity contribution in [2.45, 2.75) is 98.0 Å². The second kappa shape index (κ2) is 22.1. The number of unbranched alkanes of at least 4 members (excludes halogenated alkanes) is 5. The smallest absolute Gasteiger partial charge is 0.265 e. The molecular formula is C41H47Cl5N2O5. The van der Waals surface area contributed by atoms with Crippen LogP contribution in [0.25, 0.3) is 0 Å². The van der Waals surface area contributed by atoms with E-state index in [9.17, 15) is 19.8 Å². The normalized spacial score (nSPS) is 11.3. The quantitative estimate of drug-likeness (QED) is 0.0665. The Morgan fingerprint density at radius 2 is 1.43 bits per heavy atom. The minimum atomic E-state index is -0.826. The lowest BCUT2D eigenvalue weighted by molar-refractivity contribution is -0.123. The Balaban J connectivity index is 0.000000533. The van der Waals surface area contributed by atoms with E-state index in [0.29, 0.717) is 32.8 Å². The summed E-state index contributed by atoms with van der Waals surface area (Å²) in [6.07, 6.45) is 8.60. The minimum Gasteiger partial charge on any atom is -0.506 e. The van der Waals surface area contributed by atoms with Crippen LogP contribution in [0.15, 0.2) is 60.7 Å². The van der Waals surface area contributed by atoms with Crippen LogP contribution in [-0.4, -0.2) is 28.1 Å². The molecule has 4 aromatic rings. The van der Waals surface area contributed by atoms with Gasteiger partial charge in [-0.05, 0) is 92.1 Å². The summed E-state index contributed by atoms with van der Waals surface area (Å²) in [5, 5.41) is 27.3. The van der Waals surface area contributed by atoms with Gasteiger partial charge in [0.1, 0.15) is 17.2 Å². The molecule has 0 saturated carbocycles. The van der Waals surface area contributed by atoms with Gasteiger partial charge in [0, 0.05) is 11.1 Å². The molecule has 1 atom stereocenters. The molecule has 0 bridgehead atoms. The molecule has 4 rings (SSSR count). The average Bonchev–Trinajstić information content (AvgIpc) is 3.12. The number of rotatable bonds is 16. The van der Waals surface area contributed by atoms with Crippen LogP contribution in [0.1, 0.15) is 99.2 Å². The topological polar surface area (TPSA) is 108 Å². The van der Waals surface area contributed by atoms with E-state index in [-0.39, 0.29) is 38.5 Å². The molecule has 0 aliphatic carbocycles. The number of benzene rings is 4. The van der Waals surface area contributed by atoms with Gasteiger partial charge >= 0.3 is 0 Å². The first-order chi connectivity index (χ1) is 25.3. The van der Waals surface area contributed by atoms with Crippen molar-refractivity contribution in [3.8, 4) is 17.2 Å². The molecule has 0 saturated heterocycles. The van der Waals surface area contributed by atoms with Crippen molar-refractivity contribution in [1.29, 1.82) is 0 Å². The molecule has 53 heavy (non-hydrogen) atoms. The molecule has 1 unspecified atom stereocenters. The highest BCUT2D eigenvalue weighted by Crippen LogP contribution is 2.37. The van der Waals surface area contributed by atoms with Crippen LogP contribution in [0.3, 0.4) is 0 Å². The Bertz CT molecular complexity index is 1850. The highest BCUT2D eigenvalue weighted by molar-refractivity contribution is 6.37. The second-order valence-corrected chi connectivity index (χ2v) is 14.6. The van der Waals surface area contributed by atoms with Gasteiger partial charge in [0.05, 0.1) is 37.0 Å². The second-order valence-electron chi connectivity index (χ2n) is 12.6. The van der Waals surface area contributed by atoms with Crippen molar-refractivity contribution in [3.63, 3.8) is 0 Å². The van der Waals surface area contributed by atoms with Gasteiger partial charge in [-0.15, -0.1) is 0 Å². The summed E-state index contributed by atoms with van der Waals surface area (Å²) >= 11 is 30.9. The van der Waals surface area contributed by atoms with Gasteiger partial charge in [0.2, 0.25) is 0 Å². The van der Waals surface area contributed by atoms with Gasteiger partial charge in [-0.2, -0.15) is 0 Å². The van der Waals surface area contributed by atoms with E-state index < -0.39 is 17.9 Å². The zero-order valence-corrected chi connectivity index (χ0v) is 34.2. The summed E-state index contributed by atoms with van der Waals surface area (Å²) in [5.74, 6) is -0.621. The standard InChI is InChI=1S/C32H37Cl3N2O4.C9H10Cl2O/c1-3-5-7-9-15-30(41-29-17-16-21(18-25(29)35)12-8-6-4-2)32(40)36-26-20-28(38)27(19-24(26)34)37-31(39)22-13-10-11-14-23(22)33;1-3-6-7(10)4-5(2)9(12)8(6)11/h10-11,13-14,16-20,30,38H,3-9,12,15H2,1-2H3,(H,36,40)(H,37,39);4,12H,3H2,1-2H3. The first kappa shape index (κ1) is 44.1. The number of aromatic hydroxyl groups is 2. The number of hydrogen-bond acceptors (Lipinski definition) is 5. The van der Waals surface area contributed by atoms with Crippen molar-refractivity contribution in [1.82, 2.24) is 0 Å². The first-order valence-electron chi connectivity index (χ1n) is 17.8. The Kier molecular flexibility index (Phi) is 18.4. The van der Waals surface area contributed by atoms with Crippen molar-refractivity contribution in [2.24, 2.45) is 0 Å². The van der Waals surface area contributed by atoms with Gasteiger partial charge in [-0.25, -0.2) is 0 Å². The molecule has 0 aliphatic heterocycles. The number of carbonyl (C=O) groups excluding carboxylic acids is 2. The summed E-state index contributed by atoms with van der Waals surface area (Å²) < 4.78 is 6.13. The van der Waals surface area contributed by atoms with Crippen molar-refractivity contribution < 1.29 is 24.5 Å². The summed E-state index contributed by atoms with van der Waals surface area (Å²) in [7, 11) is 0. The first-order valence-corrected chi connectivity index (χ1v) is 19.7. The lowest BCUT2D eigenvalue weighted by Crippen LogP contribution is -2.33. The summed E-state index contributed by atoms with van der Waals surface area (Å²) in [5.41, 5.74) is 3.16. The van der Waals surface area contributed by atoms with Gasteiger partial charge in [0.15, 0.2) is 6.10 Å². The summed E-state index contributed by atoms with van der Waals surface area (Å²) in [6.45, 7) is 8.00. The van der Waals surface area contributed by atoms with Crippen LogP contribution in [0.4, 0.5) is 11.4 Å². The SMILES string of the molecule is CCCCCCC(Oc1ccc(CCCCC)cc1Cl)C(=O)Nc1cc(O)c(NC(=O)c2ccccc2Cl)cc1Cl.CCc1c(Cl)cc(C)c(O)c1Cl. The van der Waals surface area contributed by atoms with E-state index >= 15 is 0 Å². The molecular weight excluding hydrogens is 778 g/mol.